The molecule has 0 radical (unpaired) electrons. The van der Waals surface area contributed by atoms with Crippen molar-refractivity contribution in [1.82, 2.24) is 5.32 Å². The molecule has 21 heavy (non-hydrogen) atoms. The summed E-state index contributed by atoms with van der Waals surface area (Å²) < 4.78 is 5.99. The minimum atomic E-state index is -0.319. The number of aliphatic hydroxyl groups excluding tert-OH is 1. The number of benzene rings is 1. The van der Waals surface area contributed by atoms with E-state index in [0.717, 1.165) is 44.4 Å². The lowest BCUT2D eigenvalue weighted by Gasteiger charge is -2.22. The van der Waals surface area contributed by atoms with Gasteiger partial charge in [-0.2, -0.15) is 0 Å². The predicted octanol–water partition coefficient (Wildman–Crippen LogP) is 3.30. The molecule has 0 aromatic heterocycles. The van der Waals surface area contributed by atoms with Gasteiger partial charge in [-0.05, 0) is 56.8 Å². The first kappa shape index (κ1) is 16.3. The highest BCUT2D eigenvalue weighted by Crippen LogP contribution is 2.23. The summed E-state index contributed by atoms with van der Waals surface area (Å²) in [6.07, 6.45) is 5.96. The zero-order valence-electron chi connectivity index (χ0n) is 13.3. The molecule has 1 aliphatic carbocycles. The molecule has 2 N–H and O–H groups in total. The lowest BCUT2D eigenvalue weighted by Crippen LogP contribution is -2.30. The Morgan fingerprint density at radius 2 is 1.90 bits per heavy atom. The first-order valence-corrected chi connectivity index (χ1v) is 8.36. The number of ether oxygens (including phenoxy) is 1. The van der Waals surface area contributed by atoms with E-state index in [-0.39, 0.29) is 12.2 Å². The monoisotopic (exact) mass is 291 g/mol. The van der Waals surface area contributed by atoms with E-state index in [1.807, 2.05) is 12.1 Å². The van der Waals surface area contributed by atoms with Crippen LogP contribution in [-0.2, 0) is 6.42 Å². The zero-order chi connectivity index (χ0) is 15.1. The summed E-state index contributed by atoms with van der Waals surface area (Å²) in [4.78, 5) is 0. The van der Waals surface area contributed by atoms with Crippen molar-refractivity contribution in [1.29, 1.82) is 0 Å². The standard InChI is InChI=1S/C18H29NO2/c1-3-19-14(2)13-15-9-11-16(12-10-15)21-18-8-6-4-5-7-17(18)20/h9-12,14,17-20H,3-8,13H2,1-2H3. The summed E-state index contributed by atoms with van der Waals surface area (Å²) in [6, 6.07) is 8.82. The third-order valence-electron chi connectivity index (χ3n) is 4.22. The maximum absolute atomic E-state index is 10.1. The minimum absolute atomic E-state index is 0.0426. The predicted molar refractivity (Wildman–Crippen MR) is 86.8 cm³/mol. The fraction of sp³-hybridized carbons (Fsp3) is 0.667. The van der Waals surface area contributed by atoms with E-state index < -0.39 is 0 Å². The van der Waals surface area contributed by atoms with E-state index in [1.54, 1.807) is 0 Å². The molecule has 1 aliphatic rings. The fourth-order valence-electron chi connectivity index (χ4n) is 3.04. The van der Waals surface area contributed by atoms with Gasteiger partial charge >= 0.3 is 0 Å². The Labute approximate surface area is 128 Å². The Bertz CT molecular complexity index is 404. The largest absolute Gasteiger partial charge is 0.488 e. The molecule has 1 fully saturated rings. The average molecular weight is 291 g/mol. The SMILES string of the molecule is CCNC(C)Cc1ccc(OC2CCCCCC2O)cc1. The van der Waals surface area contributed by atoms with E-state index in [0.29, 0.717) is 6.04 Å². The highest BCUT2D eigenvalue weighted by atomic mass is 16.5. The van der Waals surface area contributed by atoms with Crippen LogP contribution in [0, 0.1) is 0 Å². The molecule has 2 rings (SSSR count). The highest BCUT2D eigenvalue weighted by Gasteiger charge is 2.23. The summed E-state index contributed by atoms with van der Waals surface area (Å²) in [7, 11) is 0. The summed E-state index contributed by atoms with van der Waals surface area (Å²) >= 11 is 0. The van der Waals surface area contributed by atoms with Gasteiger partial charge < -0.3 is 15.2 Å². The van der Waals surface area contributed by atoms with Gasteiger partial charge in [-0.25, -0.2) is 0 Å². The van der Waals surface area contributed by atoms with Gasteiger partial charge in [0.2, 0.25) is 0 Å². The van der Waals surface area contributed by atoms with E-state index in [2.05, 4.69) is 31.3 Å². The Morgan fingerprint density at radius 3 is 2.62 bits per heavy atom. The quantitative estimate of drug-likeness (QED) is 0.790. The molecule has 118 valence electrons. The Hall–Kier alpha value is -1.06. The Kier molecular flexibility index (Phi) is 6.52. The minimum Gasteiger partial charge on any atom is -0.488 e. The van der Waals surface area contributed by atoms with Crippen molar-refractivity contribution >= 4 is 0 Å². The van der Waals surface area contributed by atoms with Gasteiger partial charge in [0.05, 0.1) is 6.10 Å². The molecule has 1 aromatic rings. The van der Waals surface area contributed by atoms with Gasteiger partial charge in [-0.15, -0.1) is 0 Å². The van der Waals surface area contributed by atoms with Crippen molar-refractivity contribution in [2.45, 2.75) is 70.6 Å². The van der Waals surface area contributed by atoms with Gasteiger partial charge in [0.25, 0.3) is 0 Å². The number of hydrogen-bond donors (Lipinski definition) is 2. The average Bonchev–Trinajstić information content (AvgIpc) is 2.66. The molecule has 0 heterocycles. The van der Waals surface area contributed by atoms with E-state index >= 15 is 0 Å². The van der Waals surface area contributed by atoms with Crippen LogP contribution >= 0.6 is 0 Å². The lowest BCUT2D eigenvalue weighted by atomic mass is 10.1. The molecular formula is C18H29NO2. The lowest BCUT2D eigenvalue weighted by molar-refractivity contribution is 0.0320. The summed E-state index contributed by atoms with van der Waals surface area (Å²) in [5.74, 6) is 0.876. The van der Waals surface area contributed by atoms with Crippen molar-refractivity contribution in [3.05, 3.63) is 29.8 Å². The van der Waals surface area contributed by atoms with E-state index in [1.165, 1.54) is 12.0 Å². The molecule has 3 atom stereocenters. The van der Waals surface area contributed by atoms with Crippen LogP contribution in [-0.4, -0.2) is 29.9 Å². The smallest absolute Gasteiger partial charge is 0.124 e. The van der Waals surface area contributed by atoms with Crippen LogP contribution in [0.3, 0.4) is 0 Å². The second-order valence-electron chi connectivity index (χ2n) is 6.17. The van der Waals surface area contributed by atoms with Gasteiger partial charge in [-0.3, -0.25) is 0 Å². The van der Waals surface area contributed by atoms with Crippen molar-refractivity contribution < 1.29 is 9.84 Å². The maximum Gasteiger partial charge on any atom is 0.124 e. The molecule has 0 aliphatic heterocycles. The first-order valence-electron chi connectivity index (χ1n) is 8.36. The highest BCUT2D eigenvalue weighted by molar-refractivity contribution is 5.28. The van der Waals surface area contributed by atoms with Gasteiger partial charge in [-0.1, -0.05) is 31.9 Å². The molecule has 0 amide bonds. The number of likely N-dealkylation sites (N-methyl/N-ethyl adjacent to an activating group) is 1. The van der Waals surface area contributed by atoms with Crippen LogP contribution in [0.1, 0.15) is 51.5 Å². The van der Waals surface area contributed by atoms with Crippen molar-refractivity contribution in [2.24, 2.45) is 0 Å². The maximum atomic E-state index is 10.1. The van der Waals surface area contributed by atoms with Crippen LogP contribution in [0.5, 0.6) is 5.75 Å². The van der Waals surface area contributed by atoms with Gasteiger partial charge in [0.1, 0.15) is 11.9 Å². The molecule has 3 nitrogen and oxygen atoms in total. The molecule has 0 bridgehead atoms. The molecule has 0 saturated heterocycles. The van der Waals surface area contributed by atoms with Crippen LogP contribution in [0.15, 0.2) is 24.3 Å². The molecule has 1 aromatic carbocycles. The molecule has 0 spiro atoms. The van der Waals surface area contributed by atoms with E-state index in [4.69, 9.17) is 4.74 Å². The number of aliphatic hydroxyl groups is 1. The Morgan fingerprint density at radius 1 is 1.19 bits per heavy atom. The second-order valence-corrected chi connectivity index (χ2v) is 6.17. The third kappa shape index (κ3) is 5.33. The van der Waals surface area contributed by atoms with Crippen LogP contribution in [0.4, 0.5) is 0 Å². The van der Waals surface area contributed by atoms with Crippen LogP contribution in [0.2, 0.25) is 0 Å². The molecule has 3 unspecified atom stereocenters. The molecule has 1 saturated carbocycles. The first-order chi connectivity index (χ1) is 10.2. The number of hydrogen-bond acceptors (Lipinski definition) is 3. The number of nitrogens with one attached hydrogen (secondary N) is 1. The van der Waals surface area contributed by atoms with Gasteiger partial charge in [0, 0.05) is 6.04 Å². The van der Waals surface area contributed by atoms with Crippen molar-refractivity contribution in [2.75, 3.05) is 6.54 Å². The van der Waals surface area contributed by atoms with Gasteiger partial charge in [0.15, 0.2) is 0 Å². The molecular weight excluding hydrogens is 262 g/mol. The topological polar surface area (TPSA) is 41.5 Å². The number of rotatable bonds is 6. The summed E-state index contributed by atoms with van der Waals surface area (Å²) in [5.41, 5.74) is 1.32. The second kappa shape index (κ2) is 8.40. The molecule has 3 heteroatoms. The zero-order valence-corrected chi connectivity index (χ0v) is 13.3. The normalized spacial score (nSPS) is 24.3. The van der Waals surface area contributed by atoms with E-state index in [9.17, 15) is 5.11 Å². The van der Waals surface area contributed by atoms with Crippen molar-refractivity contribution in [3.63, 3.8) is 0 Å². The third-order valence-corrected chi connectivity index (χ3v) is 4.22. The van der Waals surface area contributed by atoms with Crippen LogP contribution < -0.4 is 10.1 Å². The fourth-order valence-corrected chi connectivity index (χ4v) is 3.04. The summed E-state index contributed by atoms with van der Waals surface area (Å²) in [5, 5.41) is 13.5. The van der Waals surface area contributed by atoms with Crippen LogP contribution in [0.25, 0.3) is 0 Å². The Balaban J connectivity index is 1.89. The van der Waals surface area contributed by atoms with Crippen molar-refractivity contribution in [3.8, 4) is 5.75 Å². The summed E-state index contributed by atoms with van der Waals surface area (Å²) in [6.45, 7) is 5.34.